The number of hydrogen-bond acceptors (Lipinski definition) is 4. The average molecular weight is 444 g/mol. The summed E-state index contributed by atoms with van der Waals surface area (Å²) in [6, 6.07) is 14.2. The maximum absolute atomic E-state index is 13.0. The van der Waals surface area contributed by atoms with Crippen molar-refractivity contribution in [1.29, 1.82) is 0 Å². The van der Waals surface area contributed by atoms with E-state index in [0.29, 0.717) is 22.9 Å². The smallest absolute Gasteiger partial charge is 0.254 e. The van der Waals surface area contributed by atoms with Gasteiger partial charge in [-0.1, -0.05) is 30.7 Å². The molecular weight excluding hydrogens is 418 g/mol. The Balaban J connectivity index is 1.69. The van der Waals surface area contributed by atoms with Crippen LogP contribution in [0.4, 0.5) is 5.69 Å². The van der Waals surface area contributed by atoms with Crippen molar-refractivity contribution in [2.24, 2.45) is 0 Å². The summed E-state index contributed by atoms with van der Waals surface area (Å²) in [5.41, 5.74) is 2.32. The van der Waals surface area contributed by atoms with Gasteiger partial charge in [-0.05, 0) is 48.4 Å². The molecule has 0 saturated carbocycles. The van der Waals surface area contributed by atoms with Crippen LogP contribution in [0.1, 0.15) is 22.8 Å². The normalized spacial score (nSPS) is 13.6. The van der Waals surface area contributed by atoms with Crippen molar-refractivity contribution in [3.8, 4) is 0 Å². The third-order valence-corrected chi connectivity index (χ3v) is 5.47. The Kier molecular flexibility index (Phi) is 7.65. The van der Waals surface area contributed by atoms with Crippen molar-refractivity contribution in [2.45, 2.75) is 13.3 Å². The number of carbonyl (C=O) groups excluding carboxylic acids is 3. The molecule has 1 heterocycles. The summed E-state index contributed by atoms with van der Waals surface area (Å²) in [7, 11) is 1.55. The Labute approximate surface area is 187 Å². The largest absolute Gasteiger partial charge is 0.383 e. The van der Waals surface area contributed by atoms with Gasteiger partial charge in [0.05, 0.1) is 6.61 Å². The third kappa shape index (κ3) is 5.62. The first-order valence-electron chi connectivity index (χ1n) is 10.1. The number of halogens is 1. The molecule has 0 radical (unpaired) electrons. The number of rotatable bonds is 8. The Morgan fingerprint density at radius 1 is 1.10 bits per heavy atom. The highest BCUT2D eigenvalue weighted by atomic mass is 35.5. The summed E-state index contributed by atoms with van der Waals surface area (Å²) in [6.45, 7) is 2.61. The van der Waals surface area contributed by atoms with Gasteiger partial charge in [-0.3, -0.25) is 19.3 Å². The fourth-order valence-electron chi connectivity index (χ4n) is 3.34. The van der Waals surface area contributed by atoms with E-state index >= 15 is 0 Å². The highest BCUT2D eigenvalue weighted by Crippen LogP contribution is 2.22. The van der Waals surface area contributed by atoms with Crippen LogP contribution in [-0.4, -0.2) is 67.5 Å². The molecule has 164 valence electrons. The summed E-state index contributed by atoms with van der Waals surface area (Å²) < 4.78 is 5.11. The second-order valence-electron chi connectivity index (χ2n) is 7.30. The molecule has 0 spiro atoms. The second kappa shape index (κ2) is 10.4. The van der Waals surface area contributed by atoms with E-state index in [4.69, 9.17) is 16.3 Å². The van der Waals surface area contributed by atoms with Crippen LogP contribution in [0.2, 0.25) is 5.02 Å². The van der Waals surface area contributed by atoms with Crippen molar-refractivity contribution >= 4 is 35.0 Å². The van der Waals surface area contributed by atoms with Crippen LogP contribution in [0.15, 0.2) is 48.5 Å². The lowest BCUT2D eigenvalue weighted by Crippen LogP contribution is -2.44. The van der Waals surface area contributed by atoms with E-state index in [2.05, 4.69) is 0 Å². The quantitative estimate of drug-likeness (QED) is 0.629. The maximum atomic E-state index is 13.0. The van der Waals surface area contributed by atoms with E-state index in [9.17, 15) is 14.4 Å². The first-order valence-corrected chi connectivity index (χ1v) is 10.5. The van der Waals surface area contributed by atoms with E-state index in [1.807, 2.05) is 19.1 Å². The summed E-state index contributed by atoms with van der Waals surface area (Å²) >= 11 is 5.91. The van der Waals surface area contributed by atoms with Crippen LogP contribution in [0.3, 0.4) is 0 Å². The molecule has 0 N–H and O–H groups in total. The van der Waals surface area contributed by atoms with E-state index in [0.717, 1.165) is 12.0 Å². The molecule has 1 fully saturated rings. The molecule has 8 heteroatoms. The van der Waals surface area contributed by atoms with E-state index in [1.165, 1.54) is 14.7 Å². The van der Waals surface area contributed by atoms with Gasteiger partial charge in [0.25, 0.3) is 5.91 Å². The number of anilines is 1. The molecule has 0 atom stereocenters. The lowest BCUT2D eigenvalue weighted by atomic mass is 10.1. The summed E-state index contributed by atoms with van der Waals surface area (Å²) in [5, 5.41) is 0.572. The zero-order chi connectivity index (χ0) is 22.4. The van der Waals surface area contributed by atoms with Gasteiger partial charge < -0.3 is 14.5 Å². The fourth-order valence-corrected chi connectivity index (χ4v) is 3.47. The number of hydrogen-bond donors (Lipinski definition) is 0. The van der Waals surface area contributed by atoms with Crippen LogP contribution < -0.4 is 4.90 Å². The molecule has 0 unspecified atom stereocenters. The molecule has 3 rings (SSSR count). The van der Waals surface area contributed by atoms with Crippen LogP contribution in [-0.2, 0) is 20.7 Å². The SMILES string of the molecule is CCc1ccc(C(=O)N(CCOC)CC(=O)N2CC(=O)N(c3ccc(Cl)cc3)C2)cc1. The minimum absolute atomic E-state index is 0.0288. The number of aryl methyl sites for hydroxylation is 1. The Morgan fingerprint density at radius 2 is 1.77 bits per heavy atom. The lowest BCUT2D eigenvalue weighted by molar-refractivity contribution is -0.132. The topological polar surface area (TPSA) is 70.2 Å². The van der Waals surface area contributed by atoms with Crippen molar-refractivity contribution in [2.75, 3.05) is 44.9 Å². The zero-order valence-corrected chi connectivity index (χ0v) is 18.5. The number of methoxy groups -OCH3 is 1. The molecule has 0 bridgehead atoms. The highest BCUT2D eigenvalue weighted by molar-refractivity contribution is 6.30. The molecule has 1 saturated heterocycles. The number of amides is 3. The van der Waals surface area contributed by atoms with Crippen LogP contribution >= 0.6 is 11.6 Å². The predicted octanol–water partition coefficient (Wildman–Crippen LogP) is 2.82. The minimum Gasteiger partial charge on any atom is -0.383 e. The number of ether oxygens (including phenoxy) is 1. The molecule has 1 aliphatic rings. The van der Waals surface area contributed by atoms with E-state index < -0.39 is 0 Å². The predicted molar refractivity (Wildman–Crippen MR) is 119 cm³/mol. The van der Waals surface area contributed by atoms with Gasteiger partial charge in [-0.15, -0.1) is 0 Å². The van der Waals surface area contributed by atoms with Crippen LogP contribution in [0.25, 0.3) is 0 Å². The standard InChI is InChI=1S/C23H26ClN3O4/c1-3-17-4-6-18(7-5-17)23(30)25(12-13-31-2)14-21(28)26-15-22(29)27(16-26)20-10-8-19(24)9-11-20/h4-11H,3,12-16H2,1-2H3. The molecule has 7 nitrogen and oxygen atoms in total. The molecule has 1 aliphatic heterocycles. The van der Waals surface area contributed by atoms with E-state index in [-0.39, 0.29) is 44.0 Å². The van der Waals surface area contributed by atoms with Gasteiger partial charge >= 0.3 is 0 Å². The maximum Gasteiger partial charge on any atom is 0.254 e. The Bertz CT molecular complexity index is 931. The first-order chi connectivity index (χ1) is 14.9. The van der Waals surface area contributed by atoms with Crippen molar-refractivity contribution in [1.82, 2.24) is 9.80 Å². The molecule has 0 aliphatic carbocycles. The molecule has 0 aromatic heterocycles. The van der Waals surface area contributed by atoms with Crippen molar-refractivity contribution in [3.63, 3.8) is 0 Å². The molecule has 2 aromatic rings. The van der Waals surface area contributed by atoms with Gasteiger partial charge in [0, 0.05) is 29.9 Å². The first kappa shape index (κ1) is 22.8. The minimum atomic E-state index is -0.292. The van der Waals surface area contributed by atoms with E-state index in [1.54, 1.807) is 43.5 Å². The number of nitrogens with zero attached hydrogens (tertiary/aromatic N) is 3. The van der Waals surface area contributed by atoms with Gasteiger partial charge in [0.15, 0.2) is 0 Å². The molecular formula is C23H26ClN3O4. The Morgan fingerprint density at radius 3 is 2.39 bits per heavy atom. The summed E-state index contributed by atoms with van der Waals surface area (Å²) in [5.74, 6) is -0.715. The number of carbonyl (C=O) groups is 3. The highest BCUT2D eigenvalue weighted by Gasteiger charge is 2.33. The fraction of sp³-hybridized carbons (Fsp3) is 0.348. The Hall–Kier alpha value is -2.90. The number of benzene rings is 2. The average Bonchev–Trinajstić information content (AvgIpc) is 3.18. The molecule has 2 aromatic carbocycles. The van der Waals surface area contributed by atoms with Gasteiger partial charge in [-0.25, -0.2) is 0 Å². The lowest BCUT2D eigenvalue weighted by Gasteiger charge is -2.25. The summed E-state index contributed by atoms with van der Waals surface area (Å²) in [4.78, 5) is 42.8. The van der Waals surface area contributed by atoms with Gasteiger partial charge in [-0.2, -0.15) is 0 Å². The molecule has 3 amide bonds. The summed E-state index contributed by atoms with van der Waals surface area (Å²) in [6.07, 6.45) is 0.882. The van der Waals surface area contributed by atoms with Crippen LogP contribution in [0.5, 0.6) is 0 Å². The molecule has 31 heavy (non-hydrogen) atoms. The van der Waals surface area contributed by atoms with Crippen molar-refractivity contribution < 1.29 is 19.1 Å². The van der Waals surface area contributed by atoms with Gasteiger partial charge in [0.2, 0.25) is 11.8 Å². The second-order valence-corrected chi connectivity index (χ2v) is 7.74. The monoisotopic (exact) mass is 443 g/mol. The zero-order valence-electron chi connectivity index (χ0n) is 17.7. The van der Waals surface area contributed by atoms with Crippen LogP contribution in [0, 0.1) is 0 Å². The van der Waals surface area contributed by atoms with Crippen molar-refractivity contribution in [3.05, 3.63) is 64.7 Å². The third-order valence-electron chi connectivity index (χ3n) is 5.22. The van der Waals surface area contributed by atoms with Gasteiger partial charge in [0.1, 0.15) is 19.8 Å².